The third-order valence-electron chi connectivity index (χ3n) is 19.2. The van der Waals surface area contributed by atoms with E-state index in [1.54, 1.807) is 0 Å². The van der Waals surface area contributed by atoms with Crippen LogP contribution in [0.5, 0.6) is 0 Å². The third kappa shape index (κ3) is 14.4. The number of rotatable bonds is 13. The molecule has 500 valence electrons. The number of halogens is 2. The molecule has 0 bridgehead atoms. The van der Waals surface area contributed by atoms with Crippen molar-refractivity contribution in [3.63, 3.8) is 0 Å². The van der Waals surface area contributed by atoms with Gasteiger partial charge in [0.1, 0.15) is 0 Å². The normalized spacial score (nSPS) is 11.4. The zero-order valence-corrected chi connectivity index (χ0v) is 61.9. The number of nitrogens with one attached hydrogen (secondary N) is 1. The van der Waals surface area contributed by atoms with Crippen LogP contribution in [0.25, 0.3) is 99.4 Å². The molecule has 0 amide bonds. The van der Waals surface area contributed by atoms with E-state index in [1.807, 2.05) is 47.8 Å². The lowest BCUT2D eigenvalue weighted by atomic mass is 9.95. The molecule has 19 rings (SSSR count). The van der Waals surface area contributed by atoms with Crippen molar-refractivity contribution in [2.45, 2.75) is 19.6 Å². The molecule has 17 aromatic rings. The van der Waals surface area contributed by atoms with Crippen molar-refractivity contribution in [3.05, 3.63) is 409 Å². The largest absolute Gasteiger partial charge is 0.356 e. The summed E-state index contributed by atoms with van der Waals surface area (Å²) in [5.74, 6) is 0. The van der Waals surface area contributed by atoms with Gasteiger partial charge in [0.25, 0.3) is 0 Å². The monoisotopic (exact) mass is 1510 g/mol. The van der Waals surface area contributed by atoms with Gasteiger partial charge in [0.05, 0.1) is 0 Å². The SMILES string of the molecule is Brc1cc(Br)cc(-c2ccc3c(c2)Sc2cccc4cccc-3c24)c1.c1ccc(-c2ccc(N(c3ccccc3)c3cc(-c4ccc5c(c4)Sc4cccc6cccc-5c46)cc(N(c4ccccc4)c4ccc(-c5ccccc5)cc4)c3)cc2)cc1.c1ccc(Nc2ccc(-c3ccccc3)cc2)cc1. The predicted octanol–water partition coefficient (Wildman–Crippen LogP) is 30.2. The van der Waals surface area contributed by atoms with E-state index in [0.717, 1.165) is 60.0 Å². The molecule has 0 unspecified atom stereocenters. The Bertz CT molecular complexity index is 5750. The molecule has 2 aliphatic heterocycles. The molecular formula is C98H67Br2N3S2. The van der Waals surface area contributed by atoms with E-state index in [9.17, 15) is 0 Å². The Kier molecular flexibility index (Phi) is 19.2. The van der Waals surface area contributed by atoms with Crippen LogP contribution in [0.15, 0.2) is 429 Å². The zero-order valence-electron chi connectivity index (χ0n) is 57.1. The fraction of sp³-hybridized carbons (Fsp3) is 0. The van der Waals surface area contributed by atoms with Crippen LogP contribution in [0.2, 0.25) is 0 Å². The van der Waals surface area contributed by atoms with E-state index in [4.69, 9.17) is 0 Å². The molecule has 0 saturated heterocycles. The minimum atomic E-state index is 1.06. The summed E-state index contributed by atoms with van der Waals surface area (Å²) in [6.07, 6.45) is 0. The first-order valence-electron chi connectivity index (χ1n) is 35.1. The Morgan fingerprint density at radius 3 is 0.933 bits per heavy atom. The van der Waals surface area contributed by atoms with Crippen molar-refractivity contribution in [2.24, 2.45) is 0 Å². The highest BCUT2D eigenvalue weighted by Gasteiger charge is 2.24. The Hall–Kier alpha value is -11.7. The first-order chi connectivity index (χ1) is 51.8. The van der Waals surface area contributed by atoms with Crippen LogP contribution in [-0.2, 0) is 0 Å². The average Bonchev–Trinajstić information content (AvgIpc) is 0.752. The van der Waals surface area contributed by atoms with Gasteiger partial charge >= 0.3 is 0 Å². The van der Waals surface area contributed by atoms with Gasteiger partial charge < -0.3 is 15.1 Å². The van der Waals surface area contributed by atoms with Crippen LogP contribution >= 0.6 is 55.4 Å². The summed E-state index contributed by atoms with van der Waals surface area (Å²) < 4.78 is 2.16. The highest BCUT2D eigenvalue weighted by atomic mass is 79.9. The summed E-state index contributed by atoms with van der Waals surface area (Å²) in [5.41, 5.74) is 25.9. The smallest absolute Gasteiger partial charge is 0.0488 e. The molecule has 2 heterocycles. The number of fused-ring (bicyclic) bond motifs is 4. The summed E-state index contributed by atoms with van der Waals surface area (Å²) in [4.78, 5) is 9.99. The molecule has 0 fully saturated rings. The topological polar surface area (TPSA) is 18.5 Å². The molecule has 1 N–H and O–H groups in total. The molecule has 3 nitrogen and oxygen atoms in total. The quantitative estimate of drug-likeness (QED) is 0.124. The van der Waals surface area contributed by atoms with Gasteiger partial charge in [-0.3, -0.25) is 0 Å². The fourth-order valence-corrected chi connectivity index (χ4v) is 17.9. The van der Waals surface area contributed by atoms with Gasteiger partial charge in [-0.05, 0) is 222 Å². The highest BCUT2D eigenvalue weighted by Crippen LogP contribution is 2.52. The van der Waals surface area contributed by atoms with Crippen molar-refractivity contribution >= 4 is 122 Å². The summed E-state index contributed by atoms with van der Waals surface area (Å²) in [7, 11) is 0. The second-order valence-corrected chi connectivity index (χ2v) is 29.9. The second kappa shape index (κ2) is 30.3. The van der Waals surface area contributed by atoms with E-state index in [-0.39, 0.29) is 0 Å². The Morgan fingerprint density at radius 1 is 0.200 bits per heavy atom. The van der Waals surface area contributed by atoms with Crippen LogP contribution in [0, 0.1) is 0 Å². The van der Waals surface area contributed by atoms with Crippen LogP contribution in [0.4, 0.5) is 45.5 Å². The Labute approximate surface area is 639 Å². The van der Waals surface area contributed by atoms with E-state index in [0.29, 0.717) is 0 Å². The van der Waals surface area contributed by atoms with Gasteiger partial charge in [-0.25, -0.2) is 0 Å². The van der Waals surface area contributed by atoms with Gasteiger partial charge in [-0.1, -0.05) is 322 Å². The molecule has 0 aromatic heterocycles. The summed E-state index contributed by atoms with van der Waals surface area (Å²) in [6, 6.07) is 143. The van der Waals surface area contributed by atoms with Gasteiger partial charge in [-0.2, -0.15) is 0 Å². The van der Waals surface area contributed by atoms with Crippen molar-refractivity contribution in [3.8, 4) is 77.9 Å². The molecule has 0 atom stereocenters. The summed E-state index contributed by atoms with van der Waals surface area (Å²) >= 11 is 10.9. The first kappa shape index (κ1) is 66.6. The van der Waals surface area contributed by atoms with Crippen molar-refractivity contribution in [1.29, 1.82) is 0 Å². The first-order valence-corrected chi connectivity index (χ1v) is 38.3. The van der Waals surface area contributed by atoms with Gasteiger partial charge in [0.2, 0.25) is 0 Å². The van der Waals surface area contributed by atoms with Gasteiger partial charge in [-0.15, -0.1) is 0 Å². The van der Waals surface area contributed by atoms with Crippen LogP contribution in [0.1, 0.15) is 0 Å². The Morgan fingerprint density at radius 2 is 0.524 bits per heavy atom. The zero-order chi connectivity index (χ0) is 70.4. The fourth-order valence-electron chi connectivity index (χ4n) is 14.2. The van der Waals surface area contributed by atoms with E-state index in [2.05, 4.69) is 423 Å². The lowest BCUT2D eigenvalue weighted by Crippen LogP contribution is -2.13. The lowest BCUT2D eigenvalue weighted by Gasteiger charge is -2.30. The maximum absolute atomic E-state index is 3.59. The van der Waals surface area contributed by atoms with E-state index in [1.165, 1.54) is 113 Å². The molecule has 105 heavy (non-hydrogen) atoms. The average molecular weight is 1510 g/mol. The highest BCUT2D eigenvalue weighted by molar-refractivity contribution is 9.11. The molecule has 0 spiro atoms. The maximum atomic E-state index is 3.59. The number of anilines is 8. The molecule has 17 aromatic carbocycles. The lowest BCUT2D eigenvalue weighted by molar-refractivity contribution is 1.25. The molecular weight excluding hydrogens is 1440 g/mol. The van der Waals surface area contributed by atoms with Crippen LogP contribution < -0.4 is 15.1 Å². The van der Waals surface area contributed by atoms with Gasteiger partial charge in [0, 0.05) is 84.8 Å². The third-order valence-corrected chi connectivity index (χ3v) is 22.4. The standard InChI is InChI=1S/C58H40N2S.C22H12Br2S.C18H15N/c1-5-15-41(16-6-1)43-27-32-50(33-28-43)59(48-21-9-3-10-22-48)52-37-47(46-31-36-54-55-25-13-19-45-20-14-26-56(58(45)55)61-57(54)39-46)38-53(40-52)60(49-23-11-4-12-24-49)51-34-29-44(30-35-51)42-17-7-2-8-18-42;23-16-9-15(10-17(24)12-16)14-7-8-18-19-5-1-3-13-4-2-6-20(22(13)19)25-21(18)11-14;1-3-7-15(8-4-1)16-11-13-18(14-12-16)19-17-9-5-2-6-10-17/h1-40H;1-12H;1-14,19H. The molecule has 7 heteroatoms. The van der Waals surface area contributed by atoms with E-state index < -0.39 is 0 Å². The van der Waals surface area contributed by atoms with Crippen molar-refractivity contribution in [1.82, 2.24) is 0 Å². The number of nitrogens with zero attached hydrogens (tertiary/aromatic N) is 2. The molecule has 2 aliphatic rings. The number of para-hydroxylation sites is 3. The maximum Gasteiger partial charge on any atom is 0.0488 e. The number of hydrogen-bond acceptors (Lipinski definition) is 5. The van der Waals surface area contributed by atoms with Crippen molar-refractivity contribution in [2.75, 3.05) is 15.1 Å². The van der Waals surface area contributed by atoms with E-state index >= 15 is 0 Å². The van der Waals surface area contributed by atoms with Crippen molar-refractivity contribution < 1.29 is 0 Å². The number of benzene rings is 17. The minimum absolute atomic E-state index is 1.06. The van der Waals surface area contributed by atoms with Crippen LogP contribution in [-0.4, -0.2) is 0 Å². The predicted molar refractivity (Wildman–Crippen MR) is 455 cm³/mol. The summed E-state index contributed by atoms with van der Waals surface area (Å²) in [5, 5.41) is 8.69. The van der Waals surface area contributed by atoms with Gasteiger partial charge in [0.15, 0.2) is 0 Å². The van der Waals surface area contributed by atoms with Crippen LogP contribution in [0.3, 0.4) is 0 Å². The Balaban J connectivity index is 0.000000149. The second-order valence-electron chi connectivity index (χ2n) is 25.9. The summed E-state index contributed by atoms with van der Waals surface area (Å²) in [6.45, 7) is 0. The molecule has 0 aliphatic carbocycles. The molecule has 0 saturated carbocycles. The number of hydrogen-bond donors (Lipinski definition) is 1. The minimum Gasteiger partial charge on any atom is -0.356 e. The molecule has 0 radical (unpaired) electrons.